The fourth-order valence-corrected chi connectivity index (χ4v) is 2.05. The summed E-state index contributed by atoms with van der Waals surface area (Å²) in [5, 5.41) is 3.00. The number of esters is 1. The van der Waals surface area contributed by atoms with Gasteiger partial charge in [-0.1, -0.05) is 6.07 Å². The zero-order chi connectivity index (χ0) is 14.9. The Bertz CT molecular complexity index is 710. The summed E-state index contributed by atoms with van der Waals surface area (Å²) in [6.45, 7) is 5.79. The lowest BCUT2D eigenvalue weighted by Gasteiger charge is -2.05. The zero-order valence-electron chi connectivity index (χ0n) is 12.1. The van der Waals surface area contributed by atoms with Gasteiger partial charge in [-0.3, -0.25) is 14.7 Å². The van der Waals surface area contributed by atoms with Crippen molar-refractivity contribution in [1.82, 2.24) is 9.78 Å². The molecule has 0 radical (unpaired) electrons. The van der Waals surface area contributed by atoms with Crippen LogP contribution in [0.2, 0.25) is 0 Å². The summed E-state index contributed by atoms with van der Waals surface area (Å²) in [5.41, 5.74) is 3.94. The van der Waals surface area contributed by atoms with Crippen LogP contribution in [0.1, 0.15) is 22.4 Å². The molecule has 0 bridgehead atoms. The maximum atomic E-state index is 12.4. The summed E-state index contributed by atoms with van der Waals surface area (Å²) in [5.74, 6) is -0.420. The molecule has 1 aromatic heterocycles. The highest BCUT2D eigenvalue weighted by atomic mass is 16.5. The summed E-state index contributed by atoms with van der Waals surface area (Å²) in [6.07, 6.45) is -0.0183. The number of nitrogens with one attached hydrogen (secondary N) is 1. The molecule has 0 aliphatic carbocycles. The Labute approximate surface area is 117 Å². The van der Waals surface area contributed by atoms with Gasteiger partial charge in [-0.2, -0.15) is 0 Å². The molecule has 0 aliphatic heterocycles. The third kappa shape index (κ3) is 2.52. The first-order chi connectivity index (χ1) is 9.43. The molecular weight excluding hydrogens is 256 g/mol. The third-order valence-electron chi connectivity index (χ3n) is 3.49. The molecule has 1 aromatic carbocycles. The van der Waals surface area contributed by atoms with E-state index >= 15 is 0 Å². The molecule has 0 amide bonds. The number of carbonyl (C=O) groups is 1. The normalized spacial score (nSPS) is 10.6. The van der Waals surface area contributed by atoms with Crippen LogP contribution >= 0.6 is 0 Å². The Kier molecular flexibility index (Phi) is 3.79. The highest BCUT2D eigenvalue weighted by Crippen LogP contribution is 2.13. The molecule has 0 spiro atoms. The van der Waals surface area contributed by atoms with E-state index in [1.807, 2.05) is 32.0 Å². The van der Waals surface area contributed by atoms with Crippen LogP contribution in [-0.2, 0) is 16.0 Å². The number of aromatic nitrogens is 2. The second-order valence-electron chi connectivity index (χ2n) is 4.88. The predicted molar refractivity (Wildman–Crippen MR) is 76.3 cm³/mol. The third-order valence-corrected chi connectivity index (χ3v) is 3.49. The highest BCUT2D eigenvalue weighted by Gasteiger charge is 2.16. The van der Waals surface area contributed by atoms with E-state index in [4.69, 9.17) is 0 Å². The van der Waals surface area contributed by atoms with E-state index in [0.717, 1.165) is 11.3 Å². The second kappa shape index (κ2) is 5.36. The number of H-pyrrole nitrogens is 1. The zero-order valence-corrected chi connectivity index (χ0v) is 12.1. The Morgan fingerprint density at radius 2 is 1.95 bits per heavy atom. The lowest BCUT2D eigenvalue weighted by atomic mass is 10.1. The lowest BCUT2D eigenvalue weighted by Crippen LogP contribution is -2.20. The number of aryl methyl sites for hydroxylation is 3. The van der Waals surface area contributed by atoms with Gasteiger partial charge >= 0.3 is 5.97 Å². The topological polar surface area (TPSA) is 64.1 Å². The van der Waals surface area contributed by atoms with Gasteiger partial charge in [0.1, 0.15) is 0 Å². The molecule has 1 heterocycles. The van der Waals surface area contributed by atoms with Gasteiger partial charge in [0.15, 0.2) is 0 Å². The Morgan fingerprint density at radius 1 is 1.25 bits per heavy atom. The van der Waals surface area contributed by atoms with E-state index < -0.39 is 5.97 Å². The summed E-state index contributed by atoms with van der Waals surface area (Å²) in [7, 11) is 1.31. The SMILES string of the molecule is COC(=O)Cc1c(C)[nH]n(-c2ccc(C)c(C)c2)c1=O. The average molecular weight is 274 g/mol. The van der Waals surface area contributed by atoms with Crippen LogP contribution in [-0.4, -0.2) is 22.9 Å². The largest absolute Gasteiger partial charge is 0.469 e. The van der Waals surface area contributed by atoms with E-state index in [9.17, 15) is 9.59 Å². The van der Waals surface area contributed by atoms with Crippen molar-refractivity contribution in [1.29, 1.82) is 0 Å². The van der Waals surface area contributed by atoms with Gasteiger partial charge in [0, 0.05) is 5.69 Å². The van der Waals surface area contributed by atoms with Crippen molar-refractivity contribution < 1.29 is 9.53 Å². The first-order valence-corrected chi connectivity index (χ1v) is 6.39. The Balaban J connectivity index is 2.48. The van der Waals surface area contributed by atoms with Crippen LogP contribution in [0.25, 0.3) is 5.69 Å². The summed E-state index contributed by atoms with van der Waals surface area (Å²) in [6, 6.07) is 5.78. The monoisotopic (exact) mass is 274 g/mol. The number of nitrogens with zero attached hydrogens (tertiary/aromatic N) is 1. The molecule has 0 aliphatic rings. The molecule has 0 atom stereocenters. The van der Waals surface area contributed by atoms with Crippen LogP contribution in [0.3, 0.4) is 0 Å². The van der Waals surface area contributed by atoms with Crippen LogP contribution in [0.5, 0.6) is 0 Å². The Morgan fingerprint density at radius 3 is 2.55 bits per heavy atom. The summed E-state index contributed by atoms with van der Waals surface area (Å²) in [4.78, 5) is 23.7. The summed E-state index contributed by atoms with van der Waals surface area (Å²) >= 11 is 0. The van der Waals surface area contributed by atoms with E-state index in [2.05, 4.69) is 9.84 Å². The van der Waals surface area contributed by atoms with Crippen LogP contribution in [0, 0.1) is 20.8 Å². The van der Waals surface area contributed by atoms with E-state index in [1.54, 1.807) is 6.92 Å². The van der Waals surface area contributed by atoms with Gasteiger partial charge < -0.3 is 4.74 Å². The van der Waals surface area contributed by atoms with Gasteiger partial charge in [-0.25, -0.2) is 4.68 Å². The number of rotatable bonds is 3. The fraction of sp³-hybridized carbons (Fsp3) is 0.333. The molecule has 0 saturated carbocycles. The van der Waals surface area contributed by atoms with Crippen LogP contribution in [0.4, 0.5) is 0 Å². The maximum Gasteiger partial charge on any atom is 0.310 e. The minimum absolute atomic E-state index is 0.0183. The predicted octanol–water partition coefficient (Wildman–Crippen LogP) is 1.81. The number of hydrogen-bond acceptors (Lipinski definition) is 3. The van der Waals surface area contributed by atoms with Crippen molar-refractivity contribution >= 4 is 5.97 Å². The molecule has 2 aromatic rings. The van der Waals surface area contributed by atoms with Gasteiger partial charge in [-0.15, -0.1) is 0 Å². The average Bonchev–Trinajstić information content (AvgIpc) is 2.69. The van der Waals surface area contributed by atoms with E-state index in [-0.39, 0.29) is 12.0 Å². The van der Waals surface area contributed by atoms with Crippen LogP contribution < -0.4 is 5.56 Å². The second-order valence-corrected chi connectivity index (χ2v) is 4.88. The van der Waals surface area contributed by atoms with E-state index in [0.29, 0.717) is 11.3 Å². The van der Waals surface area contributed by atoms with Crippen molar-refractivity contribution in [2.75, 3.05) is 7.11 Å². The summed E-state index contributed by atoms with van der Waals surface area (Å²) < 4.78 is 6.07. The van der Waals surface area contributed by atoms with Gasteiger partial charge in [0.25, 0.3) is 5.56 Å². The molecule has 0 unspecified atom stereocenters. The first-order valence-electron chi connectivity index (χ1n) is 6.39. The van der Waals surface area contributed by atoms with Gasteiger partial charge in [0.2, 0.25) is 0 Å². The van der Waals surface area contributed by atoms with Crippen molar-refractivity contribution in [3.05, 3.63) is 50.9 Å². The number of methoxy groups -OCH3 is 1. The minimum atomic E-state index is -0.420. The number of carbonyl (C=O) groups excluding carboxylic acids is 1. The molecule has 1 N–H and O–H groups in total. The van der Waals surface area contributed by atoms with Gasteiger partial charge in [-0.05, 0) is 44.0 Å². The molecule has 2 rings (SSSR count). The van der Waals surface area contributed by atoms with Gasteiger partial charge in [0.05, 0.1) is 24.8 Å². The van der Waals surface area contributed by atoms with Crippen molar-refractivity contribution in [2.24, 2.45) is 0 Å². The molecule has 0 saturated heterocycles. The minimum Gasteiger partial charge on any atom is -0.469 e. The number of hydrogen-bond donors (Lipinski definition) is 1. The molecule has 20 heavy (non-hydrogen) atoms. The quantitative estimate of drug-likeness (QED) is 0.868. The standard InChI is InChI=1S/C15H18N2O3/c1-9-5-6-12(7-10(9)2)17-15(19)13(11(3)16-17)8-14(18)20-4/h5-7,16H,8H2,1-4H3. The molecule has 5 heteroatoms. The van der Waals surface area contributed by atoms with Crippen molar-refractivity contribution in [3.63, 3.8) is 0 Å². The maximum absolute atomic E-state index is 12.4. The molecule has 5 nitrogen and oxygen atoms in total. The molecule has 106 valence electrons. The smallest absolute Gasteiger partial charge is 0.310 e. The van der Waals surface area contributed by atoms with E-state index in [1.165, 1.54) is 17.4 Å². The number of aromatic amines is 1. The highest BCUT2D eigenvalue weighted by molar-refractivity contribution is 5.72. The number of ether oxygens (including phenoxy) is 1. The number of benzene rings is 1. The molecular formula is C15H18N2O3. The van der Waals surface area contributed by atoms with Crippen molar-refractivity contribution in [2.45, 2.75) is 27.2 Å². The lowest BCUT2D eigenvalue weighted by molar-refractivity contribution is -0.139. The van der Waals surface area contributed by atoms with Crippen LogP contribution in [0.15, 0.2) is 23.0 Å². The van der Waals surface area contributed by atoms with Crippen molar-refractivity contribution in [3.8, 4) is 5.69 Å². The fourth-order valence-electron chi connectivity index (χ4n) is 2.05. The Hall–Kier alpha value is -2.30. The first kappa shape index (κ1) is 14.1. The molecule has 0 fully saturated rings.